The number of sulfonamides is 1. The number of hydrogen-bond donors (Lipinski definition) is 3. The van der Waals surface area contributed by atoms with Crippen molar-refractivity contribution in [3.8, 4) is 0 Å². The molecule has 0 spiro atoms. The summed E-state index contributed by atoms with van der Waals surface area (Å²) in [6, 6.07) is 10.3. The maximum Gasteiger partial charge on any atom is 0.255 e. The highest BCUT2D eigenvalue weighted by atomic mass is 35.5. The van der Waals surface area contributed by atoms with Gasteiger partial charge in [0, 0.05) is 23.7 Å². The van der Waals surface area contributed by atoms with E-state index in [0.717, 1.165) is 0 Å². The zero-order chi connectivity index (χ0) is 21.1. The van der Waals surface area contributed by atoms with E-state index in [9.17, 15) is 18.0 Å². The Morgan fingerprint density at radius 2 is 1.57 bits per heavy atom. The van der Waals surface area contributed by atoms with Crippen LogP contribution in [0.15, 0.2) is 47.4 Å². The summed E-state index contributed by atoms with van der Waals surface area (Å²) in [7, 11) is -3.68. The van der Waals surface area contributed by atoms with Gasteiger partial charge in [-0.05, 0) is 63.2 Å². The number of rotatable bonds is 5. The molecule has 9 heteroatoms. The van der Waals surface area contributed by atoms with Crippen LogP contribution in [-0.4, -0.2) is 25.8 Å². The Kier molecular flexibility index (Phi) is 6.48. The molecular weight excluding hydrogens is 402 g/mol. The molecule has 2 aromatic rings. The molecule has 0 heterocycles. The van der Waals surface area contributed by atoms with E-state index < -0.39 is 21.5 Å². The third-order valence-electron chi connectivity index (χ3n) is 3.41. The SMILES string of the molecule is CC(=O)Nc1ccc(NC(=O)c2ccc(S(=O)(=O)NC(C)(C)C)cc2)c(Cl)c1. The van der Waals surface area contributed by atoms with Gasteiger partial charge in [-0.2, -0.15) is 0 Å². The van der Waals surface area contributed by atoms with Gasteiger partial charge in [-0.3, -0.25) is 9.59 Å². The van der Waals surface area contributed by atoms with Crippen molar-refractivity contribution in [2.75, 3.05) is 10.6 Å². The molecular formula is C19H22ClN3O4S. The predicted octanol–water partition coefficient (Wildman–Crippen LogP) is 3.63. The highest BCUT2D eigenvalue weighted by Gasteiger charge is 2.22. The van der Waals surface area contributed by atoms with Gasteiger partial charge < -0.3 is 10.6 Å². The van der Waals surface area contributed by atoms with Crippen LogP contribution in [-0.2, 0) is 14.8 Å². The van der Waals surface area contributed by atoms with E-state index in [0.29, 0.717) is 11.4 Å². The van der Waals surface area contributed by atoms with Gasteiger partial charge in [0.2, 0.25) is 15.9 Å². The molecule has 3 N–H and O–H groups in total. The van der Waals surface area contributed by atoms with E-state index in [-0.39, 0.29) is 21.4 Å². The van der Waals surface area contributed by atoms with Crippen molar-refractivity contribution >= 4 is 44.8 Å². The van der Waals surface area contributed by atoms with Gasteiger partial charge in [0.05, 0.1) is 15.6 Å². The van der Waals surface area contributed by atoms with Crippen LogP contribution in [0, 0.1) is 0 Å². The Bertz CT molecular complexity index is 997. The molecule has 0 fully saturated rings. The van der Waals surface area contributed by atoms with Gasteiger partial charge in [-0.15, -0.1) is 0 Å². The first kappa shape index (κ1) is 21.9. The van der Waals surface area contributed by atoms with Crippen LogP contribution in [0.1, 0.15) is 38.1 Å². The number of hydrogen-bond acceptors (Lipinski definition) is 4. The van der Waals surface area contributed by atoms with Crippen molar-refractivity contribution in [1.82, 2.24) is 4.72 Å². The lowest BCUT2D eigenvalue weighted by Crippen LogP contribution is -2.40. The first-order valence-electron chi connectivity index (χ1n) is 8.40. The van der Waals surface area contributed by atoms with Crippen LogP contribution in [0.2, 0.25) is 5.02 Å². The topological polar surface area (TPSA) is 104 Å². The summed E-state index contributed by atoms with van der Waals surface area (Å²) in [6.07, 6.45) is 0. The molecule has 7 nitrogen and oxygen atoms in total. The Hall–Kier alpha value is -2.42. The van der Waals surface area contributed by atoms with Crippen molar-refractivity contribution in [3.05, 3.63) is 53.1 Å². The number of benzene rings is 2. The van der Waals surface area contributed by atoms with E-state index in [1.54, 1.807) is 32.9 Å². The highest BCUT2D eigenvalue weighted by Crippen LogP contribution is 2.26. The average Bonchev–Trinajstić information content (AvgIpc) is 2.54. The van der Waals surface area contributed by atoms with Crippen molar-refractivity contribution in [2.45, 2.75) is 38.1 Å². The quantitative estimate of drug-likeness (QED) is 0.682. The van der Waals surface area contributed by atoms with Crippen LogP contribution in [0.5, 0.6) is 0 Å². The number of anilines is 2. The molecule has 2 rings (SSSR count). The molecule has 0 radical (unpaired) electrons. The van der Waals surface area contributed by atoms with Crippen molar-refractivity contribution in [3.63, 3.8) is 0 Å². The molecule has 0 saturated carbocycles. The van der Waals surface area contributed by atoms with Crippen LogP contribution in [0.25, 0.3) is 0 Å². The summed E-state index contributed by atoms with van der Waals surface area (Å²) in [5, 5.41) is 5.51. The van der Waals surface area contributed by atoms with Crippen LogP contribution < -0.4 is 15.4 Å². The molecule has 0 aliphatic heterocycles. The Morgan fingerprint density at radius 1 is 0.964 bits per heavy atom. The molecule has 2 amide bonds. The van der Waals surface area contributed by atoms with Gasteiger partial charge in [0.25, 0.3) is 5.91 Å². The highest BCUT2D eigenvalue weighted by molar-refractivity contribution is 7.89. The molecule has 28 heavy (non-hydrogen) atoms. The summed E-state index contributed by atoms with van der Waals surface area (Å²) in [6.45, 7) is 6.61. The summed E-state index contributed by atoms with van der Waals surface area (Å²) in [4.78, 5) is 23.6. The summed E-state index contributed by atoms with van der Waals surface area (Å²) >= 11 is 6.14. The molecule has 0 aliphatic rings. The van der Waals surface area contributed by atoms with Crippen LogP contribution in [0.4, 0.5) is 11.4 Å². The molecule has 0 atom stereocenters. The fourth-order valence-corrected chi connectivity index (χ4v) is 3.99. The van der Waals surface area contributed by atoms with E-state index in [1.165, 1.54) is 37.3 Å². The third kappa shape index (κ3) is 6.05. The minimum atomic E-state index is -3.68. The fourth-order valence-electron chi connectivity index (χ4n) is 2.34. The zero-order valence-corrected chi connectivity index (χ0v) is 17.5. The number of halogens is 1. The lowest BCUT2D eigenvalue weighted by molar-refractivity contribution is -0.114. The lowest BCUT2D eigenvalue weighted by Gasteiger charge is -2.20. The minimum absolute atomic E-state index is 0.0664. The number of carbonyl (C=O) groups is 2. The summed E-state index contributed by atoms with van der Waals surface area (Å²) in [5.74, 6) is -0.675. The Balaban J connectivity index is 2.14. The summed E-state index contributed by atoms with van der Waals surface area (Å²) in [5.41, 5.74) is 0.537. The first-order chi connectivity index (χ1) is 12.9. The van der Waals surface area contributed by atoms with E-state index >= 15 is 0 Å². The van der Waals surface area contributed by atoms with Gasteiger partial charge in [0.15, 0.2) is 0 Å². The van der Waals surface area contributed by atoms with Gasteiger partial charge in [-0.1, -0.05) is 11.6 Å². The van der Waals surface area contributed by atoms with E-state index in [1.807, 2.05) is 0 Å². The fraction of sp³-hybridized carbons (Fsp3) is 0.263. The standard InChI is InChI=1S/C19H22ClN3O4S/c1-12(24)21-14-7-10-17(16(20)11-14)22-18(25)13-5-8-15(9-6-13)28(26,27)23-19(2,3)4/h5-11,23H,1-4H3,(H,21,24)(H,22,25). The first-order valence-corrected chi connectivity index (χ1v) is 10.3. The monoisotopic (exact) mass is 423 g/mol. The molecule has 0 aromatic heterocycles. The number of amides is 2. The lowest BCUT2D eigenvalue weighted by atomic mass is 10.1. The number of carbonyl (C=O) groups excluding carboxylic acids is 2. The van der Waals surface area contributed by atoms with Crippen molar-refractivity contribution in [1.29, 1.82) is 0 Å². The molecule has 150 valence electrons. The third-order valence-corrected chi connectivity index (χ3v) is 5.49. The second-order valence-corrected chi connectivity index (χ2v) is 9.30. The minimum Gasteiger partial charge on any atom is -0.326 e. The smallest absolute Gasteiger partial charge is 0.255 e. The molecule has 0 saturated heterocycles. The zero-order valence-electron chi connectivity index (χ0n) is 16.0. The molecule has 0 bridgehead atoms. The Morgan fingerprint density at radius 3 is 2.07 bits per heavy atom. The largest absolute Gasteiger partial charge is 0.326 e. The van der Waals surface area contributed by atoms with E-state index in [2.05, 4.69) is 15.4 Å². The maximum atomic E-state index is 12.4. The molecule has 0 aliphatic carbocycles. The van der Waals surface area contributed by atoms with Crippen LogP contribution >= 0.6 is 11.6 Å². The summed E-state index contributed by atoms with van der Waals surface area (Å²) < 4.78 is 27.2. The second-order valence-electron chi connectivity index (χ2n) is 7.21. The van der Waals surface area contributed by atoms with Gasteiger partial charge in [-0.25, -0.2) is 13.1 Å². The second kappa shape index (κ2) is 8.30. The average molecular weight is 424 g/mol. The van der Waals surface area contributed by atoms with Crippen LogP contribution in [0.3, 0.4) is 0 Å². The predicted molar refractivity (Wildman–Crippen MR) is 110 cm³/mol. The van der Waals surface area contributed by atoms with Crippen molar-refractivity contribution in [2.24, 2.45) is 0 Å². The molecule has 2 aromatic carbocycles. The normalized spacial score (nSPS) is 11.8. The maximum absolute atomic E-state index is 12.4. The van der Waals surface area contributed by atoms with Gasteiger partial charge >= 0.3 is 0 Å². The van der Waals surface area contributed by atoms with E-state index in [4.69, 9.17) is 11.6 Å². The molecule has 0 unspecified atom stereocenters. The van der Waals surface area contributed by atoms with Gasteiger partial charge in [0.1, 0.15) is 0 Å². The number of nitrogens with one attached hydrogen (secondary N) is 3. The Labute approximate surface area is 169 Å². The van der Waals surface area contributed by atoms with Crippen molar-refractivity contribution < 1.29 is 18.0 Å².